The summed E-state index contributed by atoms with van der Waals surface area (Å²) in [6.07, 6.45) is 1.07. The van der Waals surface area contributed by atoms with E-state index >= 15 is 0 Å². The fourth-order valence-corrected chi connectivity index (χ4v) is 3.59. The molecular weight excluding hydrogens is 238 g/mol. The first kappa shape index (κ1) is 14.8. The fourth-order valence-electron chi connectivity index (χ4n) is 3.59. The van der Waals surface area contributed by atoms with Crippen LogP contribution in [0.2, 0.25) is 0 Å². The molecule has 2 aliphatic rings. The zero-order valence-electron chi connectivity index (χ0n) is 12.9. The molecule has 0 aromatic rings. The van der Waals surface area contributed by atoms with E-state index in [0.29, 0.717) is 12.5 Å². The molecule has 0 radical (unpaired) electrons. The largest absolute Gasteiger partial charge is 0.341 e. The Morgan fingerprint density at radius 3 is 2.26 bits per heavy atom. The fraction of sp³-hybridized carbons (Fsp3) is 0.933. The molecule has 1 aliphatic carbocycles. The summed E-state index contributed by atoms with van der Waals surface area (Å²) in [6, 6.07) is 0. The number of carbonyl (C=O) groups is 1. The van der Waals surface area contributed by atoms with E-state index in [1.165, 1.54) is 0 Å². The lowest BCUT2D eigenvalue weighted by Crippen LogP contribution is -2.38. The van der Waals surface area contributed by atoms with Crippen molar-refractivity contribution >= 4 is 5.91 Å². The van der Waals surface area contributed by atoms with Gasteiger partial charge in [0.1, 0.15) is 0 Å². The third kappa shape index (κ3) is 2.52. The quantitative estimate of drug-likeness (QED) is 0.835. The lowest BCUT2D eigenvalue weighted by Gasteiger charge is -2.22. The van der Waals surface area contributed by atoms with Crippen LogP contribution in [-0.2, 0) is 4.79 Å². The number of rotatable bonds is 3. The van der Waals surface area contributed by atoms with Gasteiger partial charge in [-0.05, 0) is 23.8 Å². The van der Waals surface area contributed by atoms with Crippen molar-refractivity contribution in [2.24, 2.45) is 22.5 Å². The zero-order valence-corrected chi connectivity index (χ0v) is 12.9. The minimum Gasteiger partial charge on any atom is -0.341 e. The molecule has 1 heterocycles. The SMILES string of the molecule is CC1(C)C(C(=O)N2CCCN(CCN)CC2)C1(C)C. The summed E-state index contributed by atoms with van der Waals surface area (Å²) in [6.45, 7) is 14.3. The van der Waals surface area contributed by atoms with Gasteiger partial charge in [-0.15, -0.1) is 0 Å². The van der Waals surface area contributed by atoms with Crippen LogP contribution in [0, 0.1) is 16.7 Å². The van der Waals surface area contributed by atoms with Gasteiger partial charge in [-0.1, -0.05) is 27.7 Å². The van der Waals surface area contributed by atoms with Gasteiger partial charge in [-0.25, -0.2) is 0 Å². The maximum atomic E-state index is 12.7. The molecule has 2 fully saturated rings. The van der Waals surface area contributed by atoms with Crippen molar-refractivity contribution in [1.29, 1.82) is 0 Å². The van der Waals surface area contributed by atoms with Crippen LogP contribution in [0.3, 0.4) is 0 Å². The molecular formula is C15H29N3O. The van der Waals surface area contributed by atoms with Crippen LogP contribution in [0.5, 0.6) is 0 Å². The van der Waals surface area contributed by atoms with E-state index in [1.807, 2.05) is 0 Å². The third-order valence-corrected chi connectivity index (χ3v) is 5.61. The van der Waals surface area contributed by atoms with Crippen LogP contribution in [0.1, 0.15) is 34.1 Å². The minimum absolute atomic E-state index is 0.146. The van der Waals surface area contributed by atoms with Crippen molar-refractivity contribution in [3.8, 4) is 0 Å². The monoisotopic (exact) mass is 267 g/mol. The highest BCUT2D eigenvalue weighted by Gasteiger charge is 2.68. The molecule has 2 rings (SSSR count). The summed E-state index contributed by atoms with van der Waals surface area (Å²) in [4.78, 5) is 17.1. The normalized spacial score (nSPS) is 27.1. The average Bonchev–Trinajstić information content (AvgIpc) is 2.84. The van der Waals surface area contributed by atoms with E-state index < -0.39 is 0 Å². The predicted octanol–water partition coefficient (Wildman–Crippen LogP) is 1.16. The van der Waals surface area contributed by atoms with Gasteiger partial charge in [0, 0.05) is 38.6 Å². The van der Waals surface area contributed by atoms with E-state index in [2.05, 4.69) is 37.5 Å². The van der Waals surface area contributed by atoms with Gasteiger partial charge >= 0.3 is 0 Å². The minimum atomic E-state index is 0.146. The summed E-state index contributed by atoms with van der Waals surface area (Å²) in [7, 11) is 0. The highest BCUT2D eigenvalue weighted by molar-refractivity contribution is 5.84. The molecule has 0 bridgehead atoms. The summed E-state index contributed by atoms with van der Waals surface area (Å²) < 4.78 is 0. The second-order valence-electron chi connectivity index (χ2n) is 7.19. The second-order valence-corrected chi connectivity index (χ2v) is 7.19. The van der Waals surface area contributed by atoms with Crippen LogP contribution in [0.4, 0.5) is 0 Å². The predicted molar refractivity (Wildman–Crippen MR) is 77.7 cm³/mol. The Bertz CT molecular complexity index is 337. The Labute approximate surface area is 117 Å². The average molecular weight is 267 g/mol. The Kier molecular flexibility index (Phi) is 3.94. The maximum absolute atomic E-state index is 12.7. The van der Waals surface area contributed by atoms with E-state index in [0.717, 1.165) is 39.1 Å². The van der Waals surface area contributed by atoms with Gasteiger partial charge in [-0.2, -0.15) is 0 Å². The van der Waals surface area contributed by atoms with Crippen LogP contribution in [-0.4, -0.2) is 55.0 Å². The van der Waals surface area contributed by atoms with Gasteiger partial charge in [-0.3, -0.25) is 4.79 Å². The summed E-state index contributed by atoms with van der Waals surface area (Å²) in [5.74, 6) is 0.561. The van der Waals surface area contributed by atoms with Crippen LogP contribution in [0.15, 0.2) is 0 Å². The van der Waals surface area contributed by atoms with E-state index in [4.69, 9.17) is 5.73 Å². The summed E-state index contributed by atoms with van der Waals surface area (Å²) in [5.41, 5.74) is 5.90. The maximum Gasteiger partial charge on any atom is 0.226 e. The molecule has 0 spiro atoms. The van der Waals surface area contributed by atoms with Crippen molar-refractivity contribution in [2.45, 2.75) is 34.1 Å². The molecule has 0 aromatic carbocycles. The van der Waals surface area contributed by atoms with E-state index in [1.54, 1.807) is 0 Å². The number of carbonyl (C=O) groups excluding carboxylic acids is 1. The van der Waals surface area contributed by atoms with Crippen molar-refractivity contribution < 1.29 is 4.79 Å². The summed E-state index contributed by atoms with van der Waals surface area (Å²) in [5, 5.41) is 0. The van der Waals surface area contributed by atoms with Gasteiger partial charge in [0.25, 0.3) is 0 Å². The molecule has 4 heteroatoms. The van der Waals surface area contributed by atoms with Gasteiger partial charge in [0.05, 0.1) is 0 Å². The molecule has 4 nitrogen and oxygen atoms in total. The first-order valence-corrected chi connectivity index (χ1v) is 7.53. The molecule has 0 aromatic heterocycles. The number of hydrogen-bond acceptors (Lipinski definition) is 3. The topological polar surface area (TPSA) is 49.6 Å². The van der Waals surface area contributed by atoms with Crippen molar-refractivity contribution in [2.75, 3.05) is 39.3 Å². The molecule has 1 saturated heterocycles. The molecule has 0 unspecified atom stereocenters. The number of amides is 1. The lowest BCUT2D eigenvalue weighted by atomic mass is 10.0. The second kappa shape index (κ2) is 5.06. The molecule has 19 heavy (non-hydrogen) atoms. The number of hydrogen-bond donors (Lipinski definition) is 1. The number of nitrogens with zero attached hydrogens (tertiary/aromatic N) is 2. The first-order chi connectivity index (χ1) is 8.82. The number of nitrogens with two attached hydrogens (primary N) is 1. The Balaban J connectivity index is 1.95. The molecule has 2 N–H and O–H groups in total. The van der Waals surface area contributed by atoms with Gasteiger partial charge < -0.3 is 15.5 Å². The van der Waals surface area contributed by atoms with Crippen LogP contribution in [0.25, 0.3) is 0 Å². The highest BCUT2D eigenvalue weighted by Crippen LogP contribution is 2.68. The highest BCUT2D eigenvalue weighted by atomic mass is 16.2. The van der Waals surface area contributed by atoms with Gasteiger partial charge in [0.15, 0.2) is 0 Å². The molecule has 1 amide bonds. The lowest BCUT2D eigenvalue weighted by molar-refractivity contribution is -0.133. The van der Waals surface area contributed by atoms with Crippen LogP contribution >= 0.6 is 0 Å². The van der Waals surface area contributed by atoms with Crippen LogP contribution < -0.4 is 5.73 Å². The van der Waals surface area contributed by atoms with E-state index in [-0.39, 0.29) is 16.7 Å². The summed E-state index contributed by atoms with van der Waals surface area (Å²) >= 11 is 0. The van der Waals surface area contributed by atoms with Crippen molar-refractivity contribution in [3.63, 3.8) is 0 Å². The van der Waals surface area contributed by atoms with E-state index in [9.17, 15) is 4.79 Å². The molecule has 0 atom stereocenters. The molecule has 1 saturated carbocycles. The van der Waals surface area contributed by atoms with Gasteiger partial charge in [0.2, 0.25) is 5.91 Å². The molecule has 110 valence electrons. The Morgan fingerprint density at radius 1 is 1.11 bits per heavy atom. The smallest absolute Gasteiger partial charge is 0.226 e. The molecule has 1 aliphatic heterocycles. The third-order valence-electron chi connectivity index (χ3n) is 5.61. The Hall–Kier alpha value is -0.610. The standard InChI is InChI=1S/C15H29N3O/c1-14(2)12(15(14,3)4)13(19)18-8-5-7-17(9-6-16)10-11-18/h12H,5-11,16H2,1-4H3. The zero-order chi connectivity index (χ0) is 14.3. The first-order valence-electron chi connectivity index (χ1n) is 7.53. The van der Waals surface area contributed by atoms with Crippen molar-refractivity contribution in [1.82, 2.24) is 9.80 Å². The van der Waals surface area contributed by atoms with Crippen molar-refractivity contribution in [3.05, 3.63) is 0 Å². The Morgan fingerprint density at radius 2 is 1.74 bits per heavy atom.